The van der Waals surface area contributed by atoms with Crippen molar-refractivity contribution in [1.29, 1.82) is 0 Å². The summed E-state index contributed by atoms with van der Waals surface area (Å²) in [6.07, 6.45) is 0.879. The Bertz CT molecular complexity index is 561. The first-order valence-electron chi connectivity index (χ1n) is 7.28. The van der Waals surface area contributed by atoms with E-state index in [0.29, 0.717) is 13.1 Å². The number of hydrogen-bond donors (Lipinski definition) is 1. The zero-order chi connectivity index (χ0) is 16.0. The standard InChI is InChI=1S/C15H25FN2O2S/c1-5-12(3)11-18(4)21(19,20)15-8-7-13(9-14(15)16)10-17-6-2/h7-9,12,17H,5-6,10-11H2,1-4H3. The molecule has 0 amide bonds. The maximum Gasteiger partial charge on any atom is 0.245 e. The van der Waals surface area contributed by atoms with Crippen molar-refractivity contribution in [3.8, 4) is 0 Å². The molecule has 4 nitrogen and oxygen atoms in total. The van der Waals surface area contributed by atoms with Crippen molar-refractivity contribution in [1.82, 2.24) is 9.62 Å². The minimum atomic E-state index is -3.77. The lowest BCUT2D eigenvalue weighted by molar-refractivity contribution is 0.391. The molecule has 0 aliphatic rings. The van der Waals surface area contributed by atoms with E-state index >= 15 is 0 Å². The van der Waals surface area contributed by atoms with Crippen LogP contribution < -0.4 is 5.32 Å². The predicted molar refractivity (Wildman–Crippen MR) is 83.1 cm³/mol. The molecule has 120 valence electrons. The van der Waals surface area contributed by atoms with E-state index in [1.165, 1.54) is 23.5 Å². The first-order chi connectivity index (χ1) is 9.82. The van der Waals surface area contributed by atoms with E-state index in [-0.39, 0.29) is 10.8 Å². The maximum absolute atomic E-state index is 14.1. The quantitative estimate of drug-likeness (QED) is 0.802. The van der Waals surface area contributed by atoms with Crippen LogP contribution in [-0.2, 0) is 16.6 Å². The smallest absolute Gasteiger partial charge is 0.245 e. The average Bonchev–Trinajstić information content (AvgIpc) is 2.44. The summed E-state index contributed by atoms with van der Waals surface area (Å²) in [5.74, 6) is -0.456. The number of benzene rings is 1. The molecule has 1 atom stereocenters. The summed E-state index contributed by atoms with van der Waals surface area (Å²) in [5.41, 5.74) is 0.734. The third-order valence-electron chi connectivity index (χ3n) is 3.53. The van der Waals surface area contributed by atoms with Gasteiger partial charge in [0.05, 0.1) is 0 Å². The first-order valence-corrected chi connectivity index (χ1v) is 8.72. The number of hydrogen-bond acceptors (Lipinski definition) is 3. The van der Waals surface area contributed by atoms with Gasteiger partial charge >= 0.3 is 0 Å². The summed E-state index contributed by atoms with van der Waals surface area (Å²) in [4.78, 5) is -0.256. The van der Waals surface area contributed by atoms with Crippen LogP contribution in [0.2, 0.25) is 0 Å². The van der Waals surface area contributed by atoms with Crippen molar-refractivity contribution in [3.05, 3.63) is 29.6 Å². The molecule has 0 aliphatic carbocycles. The van der Waals surface area contributed by atoms with Gasteiger partial charge < -0.3 is 5.32 Å². The second-order valence-electron chi connectivity index (χ2n) is 5.34. The highest BCUT2D eigenvalue weighted by Crippen LogP contribution is 2.21. The largest absolute Gasteiger partial charge is 0.313 e. The number of halogens is 1. The normalized spacial score (nSPS) is 13.6. The predicted octanol–water partition coefficient (Wildman–Crippen LogP) is 2.60. The number of rotatable bonds is 8. The third-order valence-corrected chi connectivity index (χ3v) is 5.39. The monoisotopic (exact) mass is 316 g/mol. The van der Waals surface area contributed by atoms with Gasteiger partial charge in [-0.3, -0.25) is 0 Å². The molecule has 1 aromatic carbocycles. The van der Waals surface area contributed by atoms with E-state index in [9.17, 15) is 12.8 Å². The van der Waals surface area contributed by atoms with Gasteiger partial charge in [0.15, 0.2) is 0 Å². The molecule has 1 N–H and O–H groups in total. The fourth-order valence-corrected chi connectivity index (χ4v) is 3.30. The van der Waals surface area contributed by atoms with Crippen LogP contribution in [0.4, 0.5) is 4.39 Å². The van der Waals surface area contributed by atoms with Gasteiger partial charge in [0.1, 0.15) is 10.7 Å². The van der Waals surface area contributed by atoms with Gasteiger partial charge in [-0.25, -0.2) is 17.1 Å². The van der Waals surface area contributed by atoms with Crippen molar-refractivity contribution in [3.63, 3.8) is 0 Å². The van der Waals surface area contributed by atoms with Gasteiger partial charge in [0, 0.05) is 20.1 Å². The molecule has 1 aromatic rings. The highest BCUT2D eigenvalue weighted by molar-refractivity contribution is 7.89. The Kier molecular flexibility index (Phi) is 6.77. The summed E-state index contributed by atoms with van der Waals surface area (Å²) in [6, 6.07) is 4.28. The molecular weight excluding hydrogens is 291 g/mol. The second-order valence-corrected chi connectivity index (χ2v) is 7.36. The number of nitrogens with one attached hydrogen (secondary N) is 1. The van der Waals surface area contributed by atoms with Crippen molar-refractivity contribution >= 4 is 10.0 Å². The lowest BCUT2D eigenvalue weighted by Gasteiger charge is -2.21. The van der Waals surface area contributed by atoms with Crippen LogP contribution in [0.15, 0.2) is 23.1 Å². The second kappa shape index (κ2) is 7.87. The molecule has 0 saturated carbocycles. The van der Waals surface area contributed by atoms with Crippen LogP contribution in [0.3, 0.4) is 0 Å². The molecule has 1 unspecified atom stereocenters. The molecule has 0 aromatic heterocycles. The van der Waals surface area contributed by atoms with Crippen LogP contribution in [0.5, 0.6) is 0 Å². The molecule has 0 spiro atoms. The minimum Gasteiger partial charge on any atom is -0.313 e. The van der Waals surface area contributed by atoms with Gasteiger partial charge in [-0.15, -0.1) is 0 Å². The molecule has 0 bridgehead atoms. The number of nitrogens with zero attached hydrogens (tertiary/aromatic N) is 1. The van der Waals surface area contributed by atoms with E-state index in [2.05, 4.69) is 5.32 Å². The molecule has 1 rings (SSSR count). The van der Waals surface area contributed by atoms with Crippen LogP contribution in [0.25, 0.3) is 0 Å². The van der Waals surface area contributed by atoms with Crippen LogP contribution in [0.1, 0.15) is 32.8 Å². The van der Waals surface area contributed by atoms with E-state index in [1.54, 1.807) is 6.07 Å². The molecule has 0 aliphatic heterocycles. The highest BCUT2D eigenvalue weighted by Gasteiger charge is 2.25. The van der Waals surface area contributed by atoms with Gasteiger partial charge in [-0.2, -0.15) is 0 Å². The minimum absolute atomic E-state index is 0.237. The zero-order valence-electron chi connectivity index (χ0n) is 13.2. The van der Waals surface area contributed by atoms with Gasteiger partial charge in [-0.1, -0.05) is 33.3 Å². The van der Waals surface area contributed by atoms with E-state index in [0.717, 1.165) is 18.5 Å². The van der Waals surface area contributed by atoms with E-state index < -0.39 is 15.8 Å². The summed E-state index contributed by atoms with van der Waals surface area (Å²) >= 11 is 0. The fourth-order valence-electron chi connectivity index (χ4n) is 1.97. The molecule has 6 heteroatoms. The molecular formula is C15H25FN2O2S. The highest BCUT2D eigenvalue weighted by atomic mass is 32.2. The van der Waals surface area contributed by atoms with Gasteiger partial charge in [0.2, 0.25) is 10.0 Å². The van der Waals surface area contributed by atoms with Crippen LogP contribution >= 0.6 is 0 Å². The Morgan fingerprint density at radius 3 is 2.52 bits per heavy atom. The molecule has 0 fully saturated rings. The maximum atomic E-state index is 14.1. The lowest BCUT2D eigenvalue weighted by atomic mass is 10.1. The summed E-state index contributed by atoms with van der Waals surface area (Å²) in [6.45, 7) is 7.62. The average molecular weight is 316 g/mol. The Morgan fingerprint density at radius 1 is 1.33 bits per heavy atom. The Balaban J connectivity index is 2.98. The van der Waals surface area contributed by atoms with Crippen molar-refractivity contribution in [2.24, 2.45) is 5.92 Å². The SMILES string of the molecule is CCNCc1ccc(S(=O)(=O)N(C)CC(C)CC)c(F)c1. The van der Waals surface area contributed by atoms with Crippen LogP contribution in [0, 0.1) is 11.7 Å². The van der Waals surface area contributed by atoms with E-state index in [1.807, 2.05) is 20.8 Å². The van der Waals surface area contributed by atoms with E-state index in [4.69, 9.17) is 0 Å². The molecule has 0 radical (unpaired) electrons. The van der Waals surface area contributed by atoms with Gasteiger partial charge in [0.25, 0.3) is 0 Å². The topological polar surface area (TPSA) is 49.4 Å². The zero-order valence-corrected chi connectivity index (χ0v) is 14.0. The Hall–Kier alpha value is -0.980. The number of sulfonamides is 1. The summed E-state index contributed by atoms with van der Waals surface area (Å²) < 4.78 is 40.1. The summed E-state index contributed by atoms with van der Waals surface area (Å²) in [5, 5.41) is 3.08. The first kappa shape index (κ1) is 18.1. The van der Waals surface area contributed by atoms with Gasteiger partial charge in [-0.05, 0) is 30.2 Å². The Labute approximate surface area is 127 Å². The Morgan fingerprint density at radius 2 is 2.00 bits per heavy atom. The third kappa shape index (κ3) is 4.76. The molecule has 0 heterocycles. The lowest BCUT2D eigenvalue weighted by Crippen LogP contribution is -2.31. The van der Waals surface area contributed by atoms with Crippen LogP contribution in [-0.4, -0.2) is 32.9 Å². The molecule has 0 saturated heterocycles. The van der Waals surface area contributed by atoms with Crippen molar-refractivity contribution < 1.29 is 12.8 Å². The fraction of sp³-hybridized carbons (Fsp3) is 0.600. The van der Waals surface area contributed by atoms with Crippen molar-refractivity contribution in [2.75, 3.05) is 20.1 Å². The van der Waals surface area contributed by atoms with Crippen molar-refractivity contribution in [2.45, 2.75) is 38.6 Å². The molecule has 21 heavy (non-hydrogen) atoms. The summed E-state index contributed by atoms with van der Waals surface area (Å²) in [7, 11) is -2.28.